The standard InChI is InChI=1S/C15H16BrClN2/c1-15(2,3)10-4-6-12(7-5-10)19-14-13(17)8-11(16)9-18-14/h4-9H,1-3H3,(H,18,19). The fourth-order valence-electron chi connectivity index (χ4n) is 1.70. The van der Waals surface area contributed by atoms with Crippen LogP contribution in [0.3, 0.4) is 0 Å². The zero-order chi connectivity index (χ0) is 14.0. The van der Waals surface area contributed by atoms with Crippen molar-refractivity contribution in [3.05, 3.63) is 51.6 Å². The van der Waals surface area contributed by atoms with Gasteiger partial charge in [0.25, 0.3) is 0 Å². The number of hydrogen-bond donors (Lipinski definition) is 1. The van der Waals surface area contributed by atoms with Crippen molar-refractivity contribution >= 4 is 39.0 Å². The van der Waals surface area contributed by atoms with Gasteiger partial charge < -0.3 is 5.32 Å². The average molecular weight is 340 g/mol. The minimum Gasteiger partial charge on any atom is -0.339 e. The zero-order valence-corrected chi connectivity index (χ0v) is 13.5. The lowest BCUT2D eigenvalue weighted by molar-refractivity contribution is 0.590. The van der Waals surface area contributed by atoms with Crippen molar-refractivity contribution < 1.29 is 0 Å². The number of pyridine rings is 1. The molecule has 0 saturated carbocycles. The summed E-state index contributed by atoms with van der Waals surface area (Å²) in [6.45, 7) is 6.59. The van der Waals surface area contributed by atoms with Crippen LogP contribution in [0.2, 0.25) is 5.02 Å². The second kappa shape index (κ2) is 5.51. The summed E-state index contributed by atoms with van der Waals surface area (Å²) in [5.41, 5.74) is 2.43. The van der Waals surface area contributed by atoms with E-state index in [-0.39, 0.29) is 5.41 Å². The lowest BCUT2D eigenvalue weighted by atomic mass is 9.87. The average Bonchev–Trinajstić information content (AvgIpc) is 2.32. The quantitative estimate of drug-likeness (QED) is 0.777. The topological polar surface area (TPSA) is 24.9 Å². The van der Waals surface area contributed by atoms with Crippen LogP contribution in [0, 0.1) is 0 Å². The third-order valence-corrected chi connectivity index (χ3v) is 3.54. The highest BCUT2D eigenvalue weighted by atomic mass is 79.9. The molecule has 0 aliphatic rings. The van der Waals surface area contributed by atoms with Crippen LogP contribution in [0.15, 0.2) is 41.0 Å². The third kappa shape index (κ3) is 3.71. The lowest BCUT2D eigenvalue weighted by Crippen LogP contribution is -2.10. The summed E-state index contributed by atoms with van der Waals surface area (Å²) >= 11 is 9.47. The van der Waals surface area contributed by atoms with Gasteiger partial charge in [0.2, 0.25) is 0 Å². The predicted octanol–water partition coefficient (Wildman–Crippen LogP) is 5.54. The molecule has 19 heavy (non-hydrogen) atoms. The van der Waals surface area contributed by atoms with Gasteiger partial charge in [-0.1, -0.05) is 44.5 Å². The van der Waals surface area contributed by atoms with Crippen LogP contribution in [-0.2, 0) is 5.41 Å². The van der Waals surface area contributed by atoms with Crippen molar-refractivity contribution in [3.8, 4) is 0 Å². The Hall–Kier alpha value is -1.06. The van der Waals surface area contributed by atoms with Crippen LogP contribution in [0.25, 0.3) is 0 Å². The van der Waals surface area contributed by atoms with Crippen LogP contribution in [0.1, 0.15) is 26.3 Å². The summed E-state index contributed by atoms with van der Waals surface area (Å²) in [6.07, 6.45) is 1.72. The van der Waals surface area contributed by atoms with E-state index in [0.717, 1.165) is 10.2 Å². The zero-order valence-electron chi connectivity index (χ0n) is 11.2. The fourth-order valence-corrected chi connectivity index (χ4v) is 2.37. The van der Waals surface area contributed by atoms with E-state index in [1.165, 1.54) is 5.56 Å². The molecule has 0 fully saturated rings. The molecule has 1 N–H and O–H groups in total. The van der Waals surface area contributed by atoms with Gasteiger partial charge in [0.05, 0.1) is 5.02 Å². The number of nitrogens with one attached hydrogen (secondary N) is 1. The van der Waals surface area contributed by atoms with Gasteiger partial charge in [-0.05, 0) is 45.1 Å². The van der Waals surface area contributed by atoms with Gasteiger partial charge in [-0.3, -0.25) is 0 Å². The SMILES string of the molecule is CC(C)(C)c1ccc(Nc2ncc(Br)cc2Cl)cc1. The first kappa shape index (κ1) is 14.4. The molecule has 1 heterocycles. The molecule has 0 spiro atoms. The van der Waals surface area contributed by atoms with Gasteiger partial charge in [0.1, 0.15) is 5.82 Å². The Morgan fingerprint density at radius 2 is 1.79 bits per heavy atom. The van der Waals surface area contributed by atoms with Crippen LogP contribution >= 0.6 is 27.5 Å². The first-order valence-electron chi connectivity index (χ1n) is 6.05. The Bertz CT molecular complexity index is 574. The summed E-state index contributed by atoms with van der Waals surface area (Å²) in [6, 6.07) is 10.1. The van der Waals surface area contributed by atoms with Crippen LogP contribution in [0.4, 0.5) is 11.5 Å². The Kier molecular flexibility index (Phi) is 4.16. The Morgan fingerprint density at radius 1 is 1.16 bits per heavy atom. The van der Waals surface area contributed by atoms with Crippen LogP contribution in [-0.4, -0.2) is 4.98 Å². The van der Waals surface area contributed by atoms with Gasteiger partial charge in [-0.2, -0.15) is 0 Å². The fraction of sp³-hybridized carbons (Fsp3) is 0.267. The largest absolute Gasteiger partial charge is 0.339 e. The number of nitrogens with zero attached hydrogens (tertiary/aromatic N) is 1. The normalized spacial score (nSPS) is 11.4. The molecule has 0 aliphatic heterocycles. The molecule has 0 bridgehead atoms. The highest BCUT2D eigenvalue weighted by molar-refractivity contribution is 9.10. The molecule has 0 saturated heterocycles. The van der Waals surface area contributed by atoms with E-state index in [1.807, 2.05) is 18.2 Å². The molecule has 1 aromatic carbocycles. The van der Waals surface area contributed by atoms with Gasteiger partial charge in [-0.25, -0.2) is 4.98 Å². The molecule has 0 amide bonds. The highest BCUT2D eigenvalue weighted by Crippen LogP contribution is 2.28. The molecule has 0 unspecified atom stereocenters. The first-order valence-corrected chi connectivity index (χ1v) is 7.22. The number of halogens is 2. The minimum absolute atomic E-state index is 0.159. The van der Waals surface area contributed by atoms with E-state index in [9.17, 15) is 0 Å². The molecule has 2 rings (SSSR count). The monoisotopic (exact) mass is 338 g/mol. The number of benzene rings is 1. The van der Waals surface area contributed by atoms with E-state index >= 15 is 0 Å². The number of rotatable bonds is 2. The van der Waals surface area contributed by atoms with E-state index < -0.39 is 0 Å². The maximum absolute atomic E-state index is 6.13. The summed E-state index contributed by atoms with van der Waals surface area (Å²) in [5, 5.41) is 3.81. The highest BCUT2D eigenvalue weighted by Gasteiger charge is 2.13. The van der Waals surface area contributed by atoms with E-state index in [4.69, 9.17) is 11.6 Å². The van der Waals surface area contributed by atoms with Crippen molar-refractivity contribution in [2.24, 2.45) is 0 Å². The van der Waals surface area contributed by atoms with E-state index in [2.05, 4.69) is 59.1 Å². The van der Waals surface area contributed by atoms with Crippen LogP contribution in [0.5, 0.6) is 0 Å². The summed E-state index contributed by atoms with van der Waals surface area (Å²) in [7, 11) is 0. The van der Waals surface area contributed by atoms with Gasteiger partial charge in [0, 0.05) is 16.4 Å². The van der Waals surface area contributed by atoms with E-state index in [0.29, 0.717) is 10.8 Å². The summed E-state index contributed by atoms with van der Waals surface area (Å²) < 4.78 is 0.867. The molecule has 2 nitrogen and oxygen atoms in total. The second-order valence-electron chi connectivity index (χ2n) is 5.44. The minimum atomic E-state index is 0.159. The van der Waals surface area contributed by atoms with Gasteiger partial charge in [0.15, 0.2) is 0 Å². The lowest BCUT2D eigenvalue weighted by Gasteiger charge is -2.19. The Balaban J connectivity index is 2.20. The van der Waals surface area contributed by atoms with Crippen LogP contribution < -0.4 is 5.32 Å². The molecule has 4 heteroatoms. The van der Waals surface area contributed by atoms with Crippen molar-refractivity contribution in [2.45, 2.75) is 26.2 Å². The Labute approximate surface area is 127 Å². The summed E-state index contributed by atoms with van der Waals surface area (Å²) in [5.74, 6) is 0.661. The number of hydrogen-bond acceptors (Lipinski definition) is 2. The van der Waals surface area contributed by atoms with Crippen molar-refractivity contribution in [1.29, 1.82) is 0 Å². The van der Waals surface area contributed by atoms with E-state index in [1.54, 1.807) is 6.20 Å². The second-order valence-corrected chi connectivity index (χ2v) is 6.76. The maximum Gasteiger partial charge on any atom is 0.149 e. The third-order valence-electron chi connectivity index (χ3n) is 2.82. The molecule has 0 atom stereocenters. The smallest absolute Gasteiger partial charge is 0.149 e. The summed E-state index contributed by atoms with van der Waals surface area (Å²) in [4.78, 5) is 4.25. The Morgan fingerprint density at radius 3 is 2.32 bits per heavy atom. The predicted molar refractivity (Wildman–Crippen MR) is 85.4 cm³/mol. The molecule has 100 valence electrons. The molecular formula is C15H16BrClN2. The molecule has 1 aromatic heterocycles. The molecule has 0 radical (unpaired) electrons. The number of aromatic nitrogens is 1. The molecule has 0 aliphatic carbocycles. The van der Waals surface area contributed by atoms with Crippen molar-refractivity contribution in [3.63, 3.8) is 0 Å². The van der Waals surface area contributed by atoms with Crippen molar-refractivity contribution in [1.82, 2.24) is 4.98 Å². The van der Waals surface area contributed by atoms with Gasteiger partial charge in [-0.15, -0.1) is 0 Å². The maximum atomic E-state index is 6.13. The van der Waals surface area contributed by atoms with Gasteiger partial charge >= 0.3 is 0 Å². The number of anilines is 2. The van der Waals surface area contributed by atoms with Crippen molar-refractivity contribution in [2.75, 3.05) is 5.32 Å². The molecular weight excluding hydrogens is 324 g/mol. The first-order chi connectivity index (χ1) is 8.86. The molecule has 2 aromatic rings.